The summed E-state index contributed by atoms with van der Waals surface area (Å²) < 4.78 is 0. The zero-order valence-electron chi connectivity index (χ0n) is 8.27. The molecule has 3 N–H and O–H groups in total. The predicted octanol–water partition coefficient (Wildman–Crippen LogP) is 0.0961. The molecular weight excluding hydrogens is 194 g/mol. The number of rotatable bonds is 3. The number of imide groups is 1. The van der Waals surface area contributed by atoms with Crippen molar-refractivity contribution in [3.05, 3.63) is 25.1 Å². The van der Waals surface area contributed by atoms with Crippen molar-refractivity contribution in [1.82, 2.24) is 5.32 Å². The van der Waals surface area contributed by atoms with Gasteiger partial charge in [-0.25, -0.2) is 0 Å². The average molecular weight is 207 g/mol. The van der Waals surface area contributed by atoms with Gasteiger partial charge in [-0.1, -0.05) is 6.58 Å². The number of carbonyl (C=O) groups is 2. The highest BCUT2D eigenvalue weighted by molar-refractivity contribution is 6.14. The molecule has 1 atom stereocenters. The molecule has 0 radical (unpaired) electrons. The van der Waals surface area contributed by atoms with E-state index in [1.54, 1.807) is 0 Å². The van der Waals surface area contributed by atoms with Crippen molar-refractivity contribution in [2.75, 3.05) is 0 Å². The van der Waals surface area contributed by atoms with Crippen LogP contribution in [0.1, 0.15) is 12.8 Å². The Bertz CT molecular complexity index is 345. The monoisotopic (exact) mass is 207 g/mol. The van der Waals surface area contributed by atoms with E-state index in [4.69, 9.17) is 5.73 Å². The van der Waals surface area contributed by atoms with Crippen LogP contribution in [0.5, 0.6) is 0 Å². The van der Waals surface area contributed by atoms with E-state index in [0.717, 1.165) is 0 Å². The molecule has 0 aromatic carbocycles. The van der Waals surface area contributed by atoms with Crippen molar-refractivity contribution in [3.63, 3.8) is 0 Å². The largest absolute Gasteiger partial charge is 0.403 e. The van der Waals surface area contributed by atoms with Crippen LogP contribution < -0.4 is 11.1 Å². The van der Waals surface area contributed by atoms with Gasteiger partial charge in [0.1, 0.15) is 0 Å². The van der Waals surface area contributed by atoms with Gasteiger partial charge in [-0.05, 0) is 12.5 Å². The molecule has 15 heavy (non-hydrogen) atoms. The molecule has 0 spiro atoms. The molecule has 1 unspecified atom stereocenters. The Morgan fingerprint density at radius 1 is 1.60 bits per heavy atom. The smallest absolute Gasteiger partial charge is 0.235 e. The Morgan fingerprint density at radius 2 is 2.33 bits per heavy atom. The van der Waals surface area contributed by atoms with Crippen LogP contribution >= 0.6 is 0 Å². The summed E-state index contributed by atoms with van der Waals surface area (Å²) in [6.07, 6.45) is 4.96. The number of allylic oxidation sites excluding steroid dienone is 1. The number of carbonyl (C=O) groups excluding carboxylic acids is 2. The maximum Gasteiger partial charge on any atom is 0.235 e. The van der Waals surface area contributed by atoms with Gasteiger partial charge >= 0.3 is 0 Å². The standard InChI is InChI=1S/C10H13N3O2/c1-2-8(12-6-5-11)7-3-4-9(14)13-10(7)15/h2,5-7H,1,3-4,11H2,(H,13,14,15)/b6-5-,12-8?. The Balaban J connectivity index is 2.81. The number of hydrogen-bond donors (Lipinski definition) is 2. The van der Waals surface area contributed by atoms with Crippen LogP contribution in [0.2, 0.25) is 0 Å². The lowest BCUT2D eigenvalue weighted by Gasteiger charge is -2.20. The molecule has 1 rings (SSSR count). The van der Waals surface area contributed by atoms with Crippen molar-refractivity contribution < 1.29 is 9.59 Å². The first-order valence-corrected chi connectivity index (χ1v) is 4.59. The third-order valence-corrected chi connectivity index (χ3v) is 2.12. The van der Waals surface area contributed by atoms with E-state index in [9.17, 15) is 9.59 Å². The van der Waals surface area contributed by atoms with Crippen LogP contribution in [-0.2, 0) is 9.59 Å². The second-order valence-electron chi connectivity index (χ2n) is 3.10. The van der Waals surface area contributed by atoms with Gasteiger partial charge in [0.15, 0.2) is 0 Å². The zero-order chi connectivity index (χ0) is 11.3. The van der Waals surface area contributed by atoms with Gasteiger partial charge in [-0.15, -0.1) is 0 Å². The molecule has 1 heterocycles. The molecule has 1 aliphatic rings. The fourth-order valence-corrected chi connectivity index (χ4v) is 1.39. The van der Waals surface area contributed by atoms with Crippen molar-refractivity contribution in [2.24, 2.45) is 16.6 Å². The topological polar surface area (TPSA) is 84.5 Å². The van der Waals surface area contributed by atoms with Crippen molar-refractivity contribution in [1.29, 1.82) is 0 Å². The number of piperidine rings is 1. The number of nitrogens with two attached hydrogens (primary N) is 1. The fourth-order valence-electron chi connectivity index (χ4n) is 1.39. The van der Waals surface area contributed by atoms with Gasteiger partial charge in [-0.2, -0.15) is 0 Å². The molecular formula is C10H13N3O2. The minimum Gasteiger partial charge on any atom is -0.403 e. The van der Waals surface area contributed by atoms with Crippen LogP contribution in [0.25, 0.3) is 0 Å². The number of amides is 2. The number of nitrogens with zero attached hydrogens (tertiary/aromatic N) is 1. The summed E-state index contributed by atoms with van der Waals surface area (Å²) in [6, 6.07) is 0. The second-order valence-corrected chi connectivity index (χ2v) is 3.10. The summed E-state index contributed by atoms with van der Waals surface area (Å²) in [5.74, 6) is -0.972. The molecule has 0 bridgehead atoms. The molecule has 1 saturated heterocycles. The molecule has 2 amide bonds. The lowest BCUT2D eigenvalue weighted by atomic mass is 9.93. The van der Waals surface area contributed by atoms with E-state index in [2.05, 4.69) is 16.9 Å². The highest BCUT2D eigenvalue weighted by Crippen LogP contribution is 2.15. The third kappa shape index (κ3) is 2.77. The molecule has 5 nitrogen and oxygen atoms in total. The highest BCUT2D eigenvalue weighted by atomic mass is 16.2. The predicted molar refractivity (Wildman–Crippen MR) is 56.8 cm³/mol. The van der Waals surface area contributed by atoms with Crippen LogP contribution in [0.3, 0.4) is 0 Å². The summed E-state index contributed by atoms with van der Waals surface area (Å²) >= 11 is 0. The first-order chi connectivity index (χ1) is 7.19. The van der Waals surface area contributed by atoms with E-state index < -0.39 is 5.92 Å². The van der Waals surface area contributed by atoms with Crippen LogP contribution in [0.4, 0.5) is 0 Å². The van der Waals surface area contributed by atoms with E-state index in [1.807, 2.05) is 0 Å². The van der Waals surface area contributed by atoms with Gasteiger partial charge in [-0.3, -0.25) is 19.9 Å². The van der Waals surface area contributed by atoms with Gasteiger partial charge in [0.25, 0.3) is 0 Å². The first kappa shape index (κ1) is 11.2. The molecule has 0 aromatic heterocycles. The van der Waals surface area contributed by atoms with Crippen LogP contribution in [0, 0.1) is 5.92 Å². The summed E-state index contributed by atoms with van der Waals surface area (Å²) in [4.78, 5) is 26.3. The van der Waals surface area contributed by atoms with Crippen LogP contribution in [-0.4, -0.2) is 17.5 Å². The Hall–Kier alpha value is -1.91. The third-order valence-electron chi connectivity index (χ3n) is 2.12. The first-order valence-electron chi connectivity index (χ1n) is 4.59. The zero-order valence-corrected chi connectivity index (χ0v) is 8.27. The lowest BCUT2D eigenvalue weighted by molar-refractivity contribution is -0.134. The quantitative estimate of drug-likeness (QED) is 0.508. The highest BCUT2D eigenvalue weighted by Gasteiger charge is 2.29. The maximum absolute atomic E-state index is 11.5. The Kier molecular flexibility index (Phi) is 3.79. The Morgan fingerprint density at radius 3 is 2.87 bits per heavy atom. The molecule has 1 aliphatic heterocycles. The normalized spacial score (nSPS) is 22.9. The summed E-state index contributed by atoms with van der Waals surface area (Å²) in [6.45, 7) is 3.57. The van der Waals surface area contributed by atoms with E-state index in [0.29, 0.717) is 18.6 Å². The summed E-state index contributed by atoms with van der Waals surface area (Å²) in [7, 11) is 0. The maximum atomic E-state index is 11.5. The minimum atomic E-state index is -0.406. The Labute approximate surface area is 87.7 Å². The van der Waals surface area contributed by atoms with Gasteiger partial charge in [0, 0.05) is 18.8 Å². The number of hydrogen-bond acceptors (Lipinski definition) is 4. The summed E-state index contributed by atoms with van der Waals surface area (Å²) in [5, 5.41) is 2.26. The lowest BCUT2D eigenvalue weighted by Crippen LogP contribution is -2.43. The van der Waals surface area contributed by atoms with Crippen LogP contribution in [0.15, 0.2) is 30.0 Å². The molecule has 1 fully saturated rings. The molecule has 0 saturated carbocycles. The second kappa shape index (κ2) is 5.09. The van der Waals surface area contributed by atoms with Crippen molar-refractivity contribution in [3.8, 4) is 0 Å². The molecule has 5 heteroatoms. The van der Waals surface area contributed by atoms with Crippen molar-refractivity contribution in [2.45, 2.75) is 12.8 Å². The van der Waals surface area contributed by atoms with E-state index >= 15 is 0 Å². The SMILES string of the molecule is C=CC(=N/C=C\N)C1CCC(=O)NC1=O. The summed E-state index contributed by atoms with van der Waals surface area (Å²) in [5.41, 5.74) is 5.67. The fraction of sp³-hybridized carbons (Fsp3) is 0.300. The van der Waals surface area contributed by atoms with E-state index in [-0.39, 0.29) is 11.8 Å². The van der Waals surface area contributed by atoms with Gasteiger partial charge < -0.3 is 5.73 Å². The molecule has 80 valence electrons. The number of aliphatic imine (C=N–C) groups is 1. The van der Waals surface area contributed by atoms with Crippen molar-refractivity contribution >= 4 is 17.5 Å². The van der Waals surface area contributed by atoms with Gasteiger partial charge in [0.2, 0.25) is 11.8 Å². The average Bonchev–Trinajstić information content (AvgIpc) is 2.21. The molecule has 0 aliphatic carbocycles. The van der Waals surface area contributed by atoms with Gasteiger partial charge in [0.05, 0.1) is 11.6 Å². The molecule has 0 aromatic rings. The number of nitrogens with one attached hydrogen (secondary N) is 1. The van der Waals surface area contributed by atoms with E-state index in [1.165, 1.54) is 18.5 Å². The minimum absolute atomic E-state index is 0.242.